The molecule has 1 aromatic heterocycles. The summed E-state index contributed by atoms with van der Waals surface area (Å²) in [6.07, 6.45) is 3.86. The van der Waals surface area contributed by atoms with Crippen LogP contribution >= 0.6 is 0 Å². The molecule has 0 unspecified atom stereocenters. The molecule has 1 aromatic rings. The minimum absolute atomic E-state index is 0. The Bertz CT molecular complexity index is 340. The highest BCUT2D eigenvalue weighted by Crippen LogP contribution is 2.00. The summed E-state index contributed by atoms with van der Waals surface area (Å²) < 4.78 is 23.5. The van der Waals surface area contributed by atoms with Gasteiger partial charge < -0.3 is 0 Å². The lowest BCUT2D eigenvalue weighted by molar-refractivity contribution is 0.606. The first-order valence-electron chi connectivity index (χ1n) is 4.38. The summed E-state index contributed by atoms with van der Waals surface area (Å²) in [5.74, 6) is 0.343. The second-order valence-corrected chi connectivity index (χ2v) is 4.54. The Hall–Kier alpha value is -1.10. The van der Waals surface area contributed by atoms with Crippen LogP contribution in [0.4, 0.5) is 5.82 Å². The van der Waals surface area contributed by atoms with Gasteiger partial charge in [0.2, 0.25) is 10.0 Å². The molecule has 0 bridgehead atoms. The minimum Gasteiger partial charge on any atom is -0.268 e. The Morgan fingerprint density at radius 3 is 2.36 bits per heavy atom. The van der Waals surface area contributed by atoms with Gasteiger partial charge in [0.15, 0.2) is 0 Å². The summed E-state index contributed by atoms with van der Waals surface area (Å²) in [6.45, 7) is 4.25. The highest BCUT2D eigenvalue weighted by molar-refractivity contribution is 7.92. The number of nitrogens with zero attached hydrogens (tertiary/aromatic N) is 1. The average Bonchev–Trinajstić information content (AvgIpc) is 2.04. The molecular weight excluding hydrogens is 200 g/mol. The highest BCUT2D eigenvalue weighted by atomic mass is 32.2. The summed E-state index contributed by atoms with van der Waals surface area (Å²) in [7, 11) is -3.19. The van der Waals surface area contributed by atoms with Crippen LogP contribution in [0, 0.1) is 0 Å². The molecule has 0 aliphatic carbocycles. The molecule has 0 aromatic carbocycles. The zero-order valence-electron chi connectivity index (χ0n) is 8.69. The second-order valence-electron chi connectivity index (χ2n) is 2.80. The van der Waals surface area contributed by atoms with Gasteiger partial charge in [0, 0.05) is 7.62 Å². The van der Waals surface area contributed by atoms with Crippen LogP contribution in [0.15, 0.2) is 24.4 Å². The van der Waals surface area contributed by atoms with Crippen LogP contribution < -0.4 is 4.72 Å². The predicted molar refractivity (Wildman–Crippen MR) is 60.8 cm³/mol. The number of hydrogen-bond acceptors (Lipinski definition) is 3. The van der Waals surface area contributed by atoms with Gasteiger partial charge in [0.1, 0.15) is 5.82 Å². The SMILES string of the molecule is CCC.CS(=O)(=O)Nc1ccccn1.[HH]. The molecule has 14 heavy (non-hydrogen) atoms. The van der Waals surface area contributed by atoms with Gasteiger partial charge in [-0.2, -0.15) is 0 Å². The van der Waals surface area contributed by atoms with E-state index in [2.05, 4.69) is 23.6 Å². The molecule has 0 amide bonds. The highest BCUT2D eigenvalue weighted by Gasteiger charge is 1.99. The largest absolute Gasteiger partial charge is 0.268 e. The van der Waals surface area contributed by atoms with Gasteiger partial charge in [-0.05, 0) is 12.1 Å². The van der Waals surface area contributed by atoms with Crippen LogP contribution in [0.3, 0.4) is 0 Å². The molecule has 0 spiro atoms. The maximum absolute atomic E-state index is 10.6. The molecule has 0 fully saturated rings. The number of nitrogens with one attached hydrogen (secondary N) is 1. The zero-order valence-corrected chi connectivity index (χ0v) is 9.50. The van der Waals surface area contributed by atoms with Crippen molar-refractivity contribution in [3.63, 3.8) is 0 Å². The topological polar surface area (TPSA) is 59.1 Å². The fourth-order valence-electron chi connectivity index (χ4n) is 0.613. The fourth-order valence-corrected chi connectivity index (χ4v) is 1.11. The Labute approximate surface area is 86.9 Å². The van der Waals surface area contributed by atoms with Crippen molar-refractivity contribution >= 4 is 15.8 Å². The van der Waals surface area contributed by atoms with Crippen LogP contribution in [0.1, 0.15) is 21.7 Å². The summed E-state index contributed by atoms with van der Waals surface area (Å²) in [6, 6.07) is 5.01. The van der Waals surface area contributed by atoms with Gasteiger partial charge >= 0.3 is 0 Å². The van der Waals surface area contributed by atoms with Crippen molar-refractivity contribution in [2.24, 2.45) is 0 Å². The molecule has 0 aliphatic rings. The van der Waals surface area contributed by atoms with Crippen molar-refractivity contribution in [3.8, 4) is 0 Å². The number of rotatable bonds is 2. The second kappa shape index (κ2) is 6.37. The van der Waals surface area contributed by atoms with E-state index in [0.717, 1.165) is 6.26 Å². The quantitative estimate of drug-likeness (QED) is 0.827. The third-order valence-electron chi connectivity index (χ3n) is 0.955. The Morgan fingerprint density at radius 1 is 1.43 bits per heavy atom. The summed E-state index contributed by atoms with van der Waals surface area (Å²) in [5, 5.41) is 0. The van der Waals surface area contributed by atoms with Crippen LogP contribution in [0.5, 0.6) is 0 Å². The van der Waals surface area contributed by atoms with E-state index >= 15 is 0 Å². The van der Waals surface area contributed by atoms with Gasteiger partial charge in [-0.15, -0.1) is 0 Å². The maximum Gasteiger partial charge on any atom is 0.230 e. The first kappa shape index (κ1) is 12.9. The summed E-state index contributed by atoms with van der Waals surface area (Å²) in [4.78, 5) is 3.77. The van der Waals surface area contributed by atoms with Gasteiger partial charge in [-0.1, -0.05) is 26.3 Å². The molecule has 0 radical (unpaired) electrons. The summed E-state index contributed by atoms with van der Waals surface area (Å²) >= 11 is 0. The monoisotopic (exact) mass is 218 g/mol. The molecule has 82 valence electrons. The zero-order chi connectivity index (χ0) is 11.0. The fraction of sp³-hybridized carbons (Fsp3) is 0.444. The van der Waals surface area contributed by atoms with E-state index in [-0.39, 0.29) is 1.43 Å². The van der Waals surface area contributed by atoms with Crippen molar-refractivity contribution in [1.29, 1.82) is 0 Å². The van der Waals surface area contributed by atoms with E-state index in [4.69, 9.17) is 0 Å². The van der Waals surface area contributed by atoms with Gasteiger partial charge in [0.05, 0.1) is 6.26 Å². The van der Waals surface area contributed by atoms with Crippen molar-refractivity contribution < 1.29 is 9.84 Å². The number of hydrogen-bond donors (Lipinski definition) is 1. The molecular formula is C9H18N2O2S. The molecule has 0 atom stereocenters. The average molecular weight is 218 g/mol. The lowest BCUT2D eigenvalue weighted by atomic mass is 10.5. The van der Waals surface area contributed by atoms with E-state index in [1.807, 2.05) is 0 Å². The molecule has 1 rings (SSSR count). The van der Waals surface area contributed by atoms with E-state index in [1.165, 1.54) is 12.6 Å². The molecule has 4 nitrogen and oxygen atoms in total. The van der Waals surface area contributed by atoms with Crippen molar-refractivity contribution in [2.45, 2.75) is 20.3 Å². The van der Waals surface area contributed by atoms with E-state index in [9.17, 15) is 8.42 Å². The van der Waals surface area contributed by atoms with Crippen molar-refractivity contribution in [1.82, 2.24) is 4.98 Å². The number of aromatic nitrogens is 1. The molecule has 0 saturated carbocycles. The van der Waals surface area contributed by atoms with E-state index in [1.54, 1.807) is 18.2 Å². The number of anilines is 1. The molecule has 5 heteroatoms. The Balaban J connectivity index is 0. The molecule has 1 N–H and O–H groups in total. The van der Waals surface area contributed by atoms with Gasteiger partial charge in [-0.25, -0.2) is 13.4 Å². The lowest BCUT2D eigenvalue weighted by Crippen LogP contribution is -2.10. The van der Waals surface area contributed by atoms with Gasteiger partial charge in [-0.3, -0.25) is 4.72 Å². The maximum atomic E-state index is 10.6. The van der Waals surface area contributed by atoms with Crippen molar-refractivity contribution in [3.05, 3.63) is 24.4 Å². The minimum atomic E-state index is -3.19. The molecule has 0 saturated heterocycles. The van der Waals surface area contributed by atoms with Gasteiger partial charge in [0.25, 0.3) is 0 Å². The third-order valence-corrected chi connectivity index (χ3v) is 1.53. The van der Waals surface area contributed by atoms with Crippen LogP contribution in [0.2, 0.25) is 0 Å². The smallest absolute Gasteiger partial charge is 0.230 e. The Morgan fingerprint density at radius 2 is 2.00 bits per heavy atom. The summed E-state index contributed by atoms with van der Waals surface area (Å²) in [5.41, 5.74) is 0. The number of sulfonamides is 1. The number of pyridine rings is 1. The Kier molecular flexibility index (Phi) is 5.87. The first-order valence-corrected chi connectivity index (χ1v) is 6.27. The van der Waals surface area contributed by atoms with Crippen LogP contribution in [-0.4, -0.2) is 19.7 Å². The molecule has 0 aliphatic heterocycles. The van der Waals surface area contributed by atoms with E-state index < -0.39 is 10.0 Å². The lowest BCUT2D eigenvalue weighted by Gasteiger charge is -1.99. The standard InChI is InChI=1S/C6H8N2O2S.C3H8.H2/c1-11(9,10)8-6-4-2-3-5-7-6;1-3-2;/h2-5H,1H3,(H,7,8);3H2,1-2H3;1H. The van der Waals surface area contributed by atoms with Crippen LogP contribution in [0.25, 0.3) is 0 Å². The normalized spacial score (nSPS) is 9.93. The molecule has 1 heterocycles. The first-order chi connectivity index (χ1) is 6.49. The third kappa shape index (κ3) is 7.54. The van der Waals surface area contributed by atoms with Crippen LogP contribution in [-0.2, 0) is 10.0 Å². The van der Waals surface area contributed by atoms with Crippen molar-refractivity contribution in [2.75, 3.05) is 11.0 Å². The van der Waals surface area contributed by atoms with E-state index in [0.29, 0.717) is 5.82 Å². The predicted octanol–water partition coefficient (Wildman–Crippen LogP) is 2.12.